The van der Waals surface area contributed by atoms with Gasteiger partial charge in [0.1, 0.15) is 5.15 Å². The number of halogens is 1. The van der Waals surface area contributed by atoms with Crippen molar-refractivity contribution in [3.05, 3.63) is 16.4 Å². The van der Waals surface area contributed by atoms with Gasteiger partial charge in [0.25, 0.3) is 5.91 Å². The molecule has 0 saturated heterocycles. The molecule has 0 saturated carbocycles. The van der Waals surface area contributed by atoms with Crippen LogP contribution in [-0.4, -0.2) is 33.4 Å². The minimum absolute atomic E-state index is 0.236. The van der Waals surface area contributed by atoms with Crippen molar-refractivity contribution in [3.63, 3.8) is 0 Å². The standard InChI is InChI=1S/C12H20ClN3O2/c1-4-9(17)6-7-14-12(18)10-8(3)15-16(5-2)11(10)13/h9,17H,4-7H2,1-3H3,(H,14,18). The molecule has 2 N–H and O–H groups in total. The zero-order valence-corrected chi connectivity index (χ0v) is 11.8. The summed E-state index contributed by atoms with van der Waals surface area (Å²) < 4.78 is 1.59. The second-order valence-electron chi connectivity index (χ2n) is 4.17. The molecule has 18 heavy (non-hydrogen) atoms. The number of carbonyl (C=O) groups is 1. The minimum Gasteiger partial charge on any atom is -0.393 e. The zero-order chi connectivity index (χ0) is 13.7. The SMILES string of the molecule is CCC(O)CCNC(=O)c1c(C)nn(CC)c1Cl. The van der Waals surface area contributed by atoms with E-state index in [2.05, 4.69) is 10.4 Å². The zero-order valence-electron chi connectivity index (χ0n) is 11.0. The highest BCUT2D eigenvalue weighted by atomic mass is 35.5. The number of aliphatic hydroxyl groups excluding tert-OH is 1. The fourth-order valence-electron chi connectivity index (χ4n) is 1.67. The molecule has 0 aliphatic carbocycles. The Bertz CT molecular complexity index is 418. The number of amides is 1. The molecule has 1 amide bonds. The van der Waals surface area contributed by atoms with Gasteiger partial charge in [0.15, 0.2) is 0 Å². The highest BCUT2D eigenvalue weighted by Gasteiger charge is 2.19. The van der Waals surface area contributed by atoms with Crippen molar-refractivity contribution in [2.24, 2.45) is 0 Å². The molecule has 1 atom stereocenters. The fourth-order valence-corrected chi connectivity index (χ4v) is 2.05. The van der Waals surface area contributed by atoms with Gasteiger partial charge in [-0.2, -0.15) is 5.10 Å². The second-order valence-corrected chi connectivity index (χ2v) is 4.53. The van der Waals surface area contributed by atoms with Gasteiger partial charge in [-0.25, -0.2) is 0 Å². The molecule has 0 aliphatic heterocycles. The number of aliphatic hydroxyl groups is 1. The summed E-state index contributed by atoms with van der Waals surface area (Å²) in [5, 5.41) is 16.7. The van der Waals surface area contributed by atoms with Gasteiger partial charge in [-0.1, -0.05) is 18.5 Å². The summed E-state index contributed by atoms with van der Waals surface area (Å²) in [5.74, 6) is -0.236. The lowest BCUT2D eigenvalue weighted by Crippen LogP contribution is -2.27. The third kappa shape index (κ3) is 3.46. The van der Waals surface area contributed by atoms with Crippen molar-refractivity contribution >= 4 is 17.5 Å². The van der Waals surface area contributed by atoms with Gasteiger partial charge in [0.2, 0.25) is 0 Å². The van der Waals surface area contributed by atoms with Gasteiger partial charge in [0.05, 0.1) is 17.4 Å². The largest absolute Gasteiger partial charge is 0.393 e. The Morgan fingerprint density at radius 3 is 2.72 bits per heavy atom. The fraction of sp³-hybridized carbons (Fsp3) is 0.667. The van der Waals surface area contributed by atoms with Crippen LogP contribution in [0.1, 0.15) is 42.7 Å². The first-order valence-corrected chi connectivity index (χ1v) is 6.58. The van der Waals surface area contributed by atoms with E-state index >= 15 is 0 Å². The van der Waals surface area contributed by atoms with E-state index < -0.39 is 0 Å². The van der Waals surface area contributed by atoms with Crippen LogP contribution >= 0.6 is 11.6 Å². The average molecular weight is 274 g/mol. The van der Waals surface area contributed by atoms with Crippen molar-refractivity contribution in [1.29, 1.82) is 0 Å². The van der Waals surface area contributed by atoms with E-state index in [9.17, 15) is 9.90 Å². The smallest absolute Gasteiger partial charge is 0.256 e. The first-order chi connectivity index (χ1) is 8.51. The van der Waals surface area contributed by atoms with Gasteiger partial charge >= 0.3 is 0 Å². The van der Waals surface area contributed by atoms with Crippen molar-refractivity contribution in [2.45, 2.75) is 46.3 Å². The third-order valence-electron chi connectivity index (χ3n) is 2.83. The Hall–Kier alpha value is -1.07. The molecule has 0 aliphatic rings. The lowest BCUT2D eigenvalue weighted by Gasteiger charge is -2.08. The van der Waals surface area contributed by atoms with Crippen LogP contribution < -0.4 is 5.32 Å². The van der Waals surface area contributed by atoms with E-state index in [0.717, 1.165) is 0 Å². The van der Waals surface area contributed by atoms with Crippen LogP contribution in [-0.2, 0) is 6.54 Å². The average Bonchev–Trinajstić information content (AvgIpc) is 2.63. The molecule has 0 aromatic carbocycles. The van der Waals surface area contributed by atoms with E-state index in [4.69, 9.17) is 11.6 Å². The summed E-state index contributed by atoms with van der Waals surface area (Å²) in [6.45, 7) is 6.63. The summed E-state index contributed by atoms with van der Waals surface area (Å²) in [6.07, 6.45) is 0.852. The third-order valence-corrected chi connectivity index (χ3v) is 3.21. The van der Waals surface area contributed by atoms with E-state index in [1.54, 1.807) is 11.6 Å². The topological polar surface area (TPSA) is 67.2 Å². The van der Waals surface area contributed by atoms with Crippen LogP contribution in [0.15, 0.2) is 0 Å². The summed E-state index contributed by atoms with van der Waals surface area (Å²) in [6, 6.07) is 0. The van der Waals surface area contributed by atoms with Gasteiger partial charge in [-0.05, 0) is 26.7 Å². The van der Waals surface area contributed by atoms with Crippen LogP contribution in [0.25, 0.3) is 0 Å². The van der Waals surface area contributed by atoms with E-state index in [-0.39, 0.29) is 12.0 Å². The van der Waals surface area contributed by atoms with Crippen molar-refractivity contribution in [1.82, 2.24) is 15.1 Å². The highest BCUT2D eigenvalue weighted by Crippen LogP contribution is 2.19. The lowest BCUT2D eigenvalue weighted by atomic mass is 10.2. The van der Waals surface area contributed by atoms with Gasteiger partial charge < -0.3 is 10.4 Å². The van der Waals surface area contributed by atoms with Crippen molar-refractivity contribution in [2.75, 3.05) is 6.54 Å². The molecule has 0 radical (unpaired) electrons. The Morgan fingerprint density at radius 1 is 1.56 bits per heavy atom. The maximum Gasteiger partial charge on any atom is 0.256 e. The maximum absolute atomic E-state index is 12.0. The normalized spacial score (nSPS) is 12.5. The van der Waals surface area contributed by atoms with E-state index in [1.807, 2.05) is 13.8 Å². The van der Waals surface area contributed by atoms with E-state index in [0.29, 0.717) is 42.3 Å². The van der Waals surface area contributed by atoms with Crippen LogP contribution in [0.2, 0.25) is 5.15 Å². The van der Waals surface area contributed by atoms with Crippen LogP contribution in [0.4, 0.5) is 0 Å². The lowest BCUT2D eigenvalue weighted by molar-refractivity contribution is 0.0941. The number of aromatic nitrogens is 2. The number of hydrogen-bond donors (Lipinski definition) is 2. The molecule has 0 fully saturated rings. The first kappa shape index (κ1) is 15.0. The number of carbonyl (C=O) groups excluding carboxylic acids is 1. The molecule has 1 rings (SSSR count). The Morgan fingerprint density at radius 2 is 2.22 bits per heavy atom. The molecule has 6 heteroatoms. The number of hydrogen-bond acceptors (Lipinski definition) is 3. The predicted octanol–water partition coefficient (Wildman–Crippen LogP) is 1.76. The monoisotopic (exact) mass is 273 g/mol. The quantitative estimate of drug-likeness (QED) is 0.830. The van der Waals surface area contributed by atoms with Crippen LogP contribution in [0.5, 0.6) is 0 Å². The summed E-state index contributed by atoms with van der Waals surface area (Å²) >= 11 is 6.08. The molecule has 1 aromatic heterocycles. The second kappa shape index (κ2) is 6.75. The van der Waals surface area contributed by atoms with E-state index in [1.165, 1.54) is 0 Å². The van der Waals surface area contributed by atoms with Crippen LogP contribution in [0, 0.1) is 6.92 Å². The van der Waals surface area contributed by atoms with Gasteiger partial charge in [0, 0.05) is 13.1 Å². The summed E-state index contributed by atoms with van der Waals surface area (Å²) in [7, 11) is 0. The molecular weight excluding hydrogens is 254 g/mol. The maximum atomic E-state index is 12.0. The summed E-state index contributed by atoms with van der Waals surface area (Å²) in [5.41, 5.74) is 1.04. The Balaban J connectivity index is 2.64. The predicted molar refractivity (Wildman–Crippen MR) is 70.9 cm³/mol. The molecule has 0 bridgehead atoms. The summed E-state index contributed by atoms with van der Waals surface area (Å²) in [4.78, 5) is 12.0. The highest BCUT2D eigenvalue weighted by molar-refractivity contribution is 6.33. The van der Waals surface area contributed by atoms with Crippen molar-refractivity contribution in [3.8, 4) is 0 Å². The number of nitrogens with zero attached hydrogens (tertiary/aromatic N) is 2. The molecule has 1 heterocycles. The molecule has 1 aromatic rings. The van der Waals surface area contributed by atoms with Gasteiger partial charge in [-0.3, -0.25) is 9.48 Å². The number of aryl methyl sites for hydroxylation is 2. The van der Waals surface area contributed by atoms with Crippen molar-refractivity contribution < 1.29 is 9.90 Å². The van der Waals surface area contributed by atoms with Gasteiger partial charge in [-0.15, -0.1) is 0 Å². The number of rotatable bonds is 6. The Labute approximate surface area is 112 Å². The molecule has 102 valence electrons. The Kier molecular flexibility index (Phi) is 5.62. The molecule has 5 nitrogen and oxygen atoms in total. The minimum atomic E-state index is -0.375. The molecular formula is C12H20ClN3O2. The molecule has 0 spiro atoms. The van der Waals surface area contributed by atoms with Crippen LogP contribution in [0.3, 0.4) is 0 Å². The number of nitrogens with one attached hydrogen (secondary N) is 1. The first-order valence-electron chi connectivity index (χ1n) is 6.20. The molecule has 1 unspecified atom stereocenters.